The van der Waals surface area contributed by atoms with Crippen molar-refractivity contribution in [3.8, 4) is 0 Å². The Kier molecular flexibility index (Phi) is 4.08. The quantitative estimate of drug-likeness (QED) is 0.811. The Morgan fingerprint density at radius 3 is 2.89 bits per heavy atom. The highest BCUT2D eigenvalue weighted by molar-refractivity contribution is 5.78. The minimum Gasteiger partial charge on any atom is -0.339 e. The normalized spacial score (nSPS) is 36.3. The van der Waals surface area contributed by atoms with Gasteiger partial charge in [-0.15, -0.1) is 0 Å². The van der Waals surface area contributed by atoms with Gasteiger partial charge in [0.25, 0.3) is 0 Å². The van der Waals surface area contributed by atoms with Gasteiger partial charge in [0.1, 0.15) is 0 Å². The second kappa shape index (κ2) is 5.80. The van der Waals surface area contributed by atoms with Gasteiger partial charge in [-0.05, 0) is 58.0 Å². The van der Waals surface area contributed by atoms with Crippen LogP contribution in [0.5, 0.6) is 0 Å². The van der Waals surface area contributed by atoms with Gasteiger partial charge in [-0.1, -0.05) is 0 Å². The zero-order valence-corrected chi connectivity index (χ0v) is 12.1. The first-order valence-electron chi connectivity index (χ1n) is 8.00. The third-order valence-electron chi connectivity index (χ3n) is 5.26. The number of piperidine rings is 2. The number of nitrogens with one attached hydrogen (secondary N) is 1. The van der Waals surface area contributed by atoms with Crippen molar-refractivity contribution in [2.24, 2.45) is 5.92 Å². The molecule has 3 fully saturated rings. The second-order valence-electron chi connectivity index (χ2n) is 6.53. The van der Waals surface area contributed by atoms with Crippen molar-refractivity contribution >= 4 is 5.91 Å². The molecule has 3 heterocycles. The number of fused-ring (bicyclic) bond motifs is 1. The summed E-state index contributed by atoms with van der Waals surface area (Å²) in [5, 5.41) is 3.49. The summed E-state index contributed by atoms with van der Waals surface area (Å²) in [7, 11) is 0. The van der Waals surface area contributed by atoms with E-state index < -0.39 is 0 Å². The first kappa shape index (κ1) is 13.4. The van der Waals surface area contributed by atoms with Crippen molar-refractivity contribution in [3.63, 3.8) is 0 Å². The van der Waals surface area contributed by atoms with Gasteiger partial charge in [0.2, 0.25) is 5.91 Å². The van der Waals surface area contributed by atoms with Crippen molar-refractivity contribution in [2.75, 3.05) is 32.7 Å². The Morgan fingerprint density at radius 1 is 1.16 bits per heavy atom. The Bertz CT molecular complexity index is 333. The van der Waals surface area contributed by atoms with E-state index in [1.807, 2.05) is 0 Å². The average molecular weight is 265 g/mol. The molecule has 108 valence electrons. The Labute approximate surface area is 116 Å². The number of carbonyl (C=O) groups excluding carboxylic acids is 1. The Balaban J connectivity index is 1.59. The minimum atomic E-state index is 0.361. The van der Waals surface area contributed by atoms with Crippen LogP contribution in [0.15, 0.2) is 0 Å². The highest BCUT2D eigenvalue weighted by Gasteiger charge is 2.36. The number of carbonyl (C=O) groups is 1. The fourth-order valence-corrected chi connectivity index (χ4v) is 4.09. The van der Waals surface area contributed by atoms with Gasteiger partial charge in [0.05, 0.1) is 6.54 Å². The van der Waals surface area contributed by atoms with Gasteiger partial charge < -0.3 is 10.2 Å². The van der Waals surface area contributed by atoms with Crippen molar-refractivity contribution in [1.29, 1.82) is 0 Å². The van der Waals surface area contributed by atoms with E-state index in [0.29, 0.717) is 24.5 Å². The maximum absolute atomic E-state index is 12.5. The predicted octanol–water partition coefficient (Wildman–Crippen LogP) is 1.07. The summed E-state index contributed by atoms with van der Waals surface area (Å²) in [6.45, 7) is 7.15. The molecule has 4 heteroatoms. The summed E-state index contributed by atoms with van der Waals surface area (Å²) in [5.41, 5.74) is 0. The zero-order valence-electron chi connectivity index (χ0n) is 12.1. The van der Waals surface area contributed by atoms with Crippen LogP contribution in [-0.4, -0.2) is 60.5 Å². The molecule has 0 bridgehead atoms. The summed E-state index contributed by atoms with van der Waals surface area (Å²) < 4.78 is 0. The lowest BCUT2D eigenvalue weighted by Gasteiger charge is -2.39. The second-order valence-corrected chi connectivity index (χ2v) is 6.53. The molecule has 3 saturated heterocycles. The van der Waals surface area contributed by atoms with Crippen LogP contribution in [-0.2, 0) is 4.79 Å². The van der Waals surface area contributed by atoms with E-state index >= 15 is 0 Å². The van der Waals surface area contributed by atoms with Gasteiger partial charge in [-0.2, -0.15) is 0 Å². The molecule has 0 spiro atoms. The molecule has 0 radical (unpaired) electrons. The van der Waals surface area contributed by atoms with E-state index in [1.54, 1.807) is 0 Å². The van der Waals surface area contributed by atoms with Gasteiger partial charge in [0, 0.05) is 25.2 Å². The van der Waals surface area contributed by atoms with Crippen molar-refractivity contribution < 1.29 is 4.79 Å². The van der Waals surface area contributed by atoms with Crippen LogP contribution in [0, 0.1) is 5.92 Å². The summed E-state index contributed by atoms with van der Waals surface area (Å²) >= 11 is 0. The standard InChI is InChI=1S/C15H27N3O/c1-12-5-2-3-8-18(12)15(19)11-17-7-4-6-13-9-16-10-14(13)17/h12-14,16H,2-11H2,1H3. The number of amides is 1. The molecular weight excluding hydrogens is 238 g/mol. The molecule has 3 rings (SSSR count). The Hall–Kier alpha value is -0.610. The average Bonchev–Trinajstić information content (AvgIpc) is 2.88. The van der Waals surface area contributed by atoms with Crippen LogP contribution in [0.25, 0.3) is 0 Å². The molecule has 0 aliphatic carbocycles. The van der Waals surface area contributed by atoms with Crippen LogP contribution < -0.4 is 5.32 Å². The number of rotatable bonds is 2. The molecule has 0 saturated carbocycles. The van der Waals surface area contributed by atoms with Crippen LogP contribution in [0.4, 0.5) is 0 Å². The molecule has 1 N–H and O–H groups in total. The number of nitrogens with zero attached hydrogens (tertiary/aromatic N) is 2. The van der Waals surface area contributed by atoms with E-state index in [9.17, 15) is 4.79 Å². The molecule has 1 amide bonds. The topological polar surface area (TPSA) is 35.6 Å². The number of likely N-dealkylation sites (tertiary alicyclic amines) is 2. The summed E-state index contributed by atoms with van der Waals surface area (Å²) in [6.07, 6.45) is 6.24. The van der Waals surface area contributed by atoms with Gasteiger partial charge in [0.15, 0.2) is 0 Å². The molecule has 19 heavy (non-hydrogen) atoms. The van der Waals surface area contributed by atoms with Crippen LogP contribution in [0.2, 0.25) is 0 Å². The molecule has 3 aliphatic rings. The fraction of sp³-hybridized carbons (Fsp3) is 0.933. The highest BCUT2D eigenvalue weighted by Crippen LogP contribution is 2.26. The van der Waals surface area contributed by atoms with Gasteiger partial charge >= 0.3 is 0 Å². The molecule has 3 aliphatic heterocycles. The monoisotopic (exact) mass is 265 g/mol. The summed E-state index contributed by atoms with van der Waals surface area (Å²) in [5.74, 6) is 1.14. The van der Waals surface area contributed by atoms with E-state index in [2.05, 4.69) is 22.0 Å². The maximum atomic E-state index is 12.5. The lowest BCUT2D eigenvalue weighted by Crippen LogP contribution is -2.52. The fourth-order valence-electron chi connectivity index (χ4n) is 4.09. The van der Waals surface area contributed by atoms with E-state index in [4.69, 9.17) is 0 Å². The smallest absolute Gasteiger partial charge is 0.236 e. The lowest BCUT2D eigenvalue weighted by molar-refractivity contribution is -0.136. The van der Waals surface area contributed by atoms with E-state index in [0.717, 1.165) is 32.1 Å². The molecule has 3 unspecified atom stereocenters. The maximum Gasteiger partial charge on any atom is 0.236 e. The predicted molar refractivity (Wildman–Crippen MR) is 76.0 cm³/mol. The zero-order chi connectivity index (χ0) is 13.2. The molecule has 0 aromatic rings. The highest BCUT2D eigenvalue weighted by atomic mass is 16.2. The van der Waals surface area contributed by atoms with Crippen molar-refractivity contribution in [2.45, 2.75) is 51.1 Å². The SMILES string of the molecule is CC1CCCCN1C(=O)CN1CCCC2CNCC21. The molecule has 0 aromatic heterocycles. The van der Waals surface area contributed by atoms with Gasteiger partial charge in [-0.25, -0.2) is 0 Å². The van der Waals surface area contributed by atoms with E-state index in [-0.39, 0.29) is 0 Å². The molecule has 0 aromatic carbocycles. The number of hydrogen-bond donors (Lipinski definition) is 1. The van der Waals surface area contributed by atoms with Gasteiger partial charge in [-0.3, -0.25) is 9.69 Å². The summed E-state index contributed by atoms with van der Waals surface area (Å²) in [6, 6.07) is 1.06. The van der Waals surface area contributed by atoms with Crippen molar-refractivity contribution in [1.82, 2.24) is 15.1 Å². The molecule has 3 atom stereocenters. The largest absolute Gasteiger partial charge is 0.339 e. The molecule has 4 nitrogen and oxygen atoms in total. The molecular formula is C15H27N3O. The lowest BCUT2D eigenvalue weighted by atomic mass is 9.92. The third-order valence-corrected chi connectivity index (χ3v) is 5.26. The van der Waals surface area contributed by atoms with Crippen LogP contribution in [0.3, 0.4) is 0 Å². The van der Waals surface area contributed by atoms with Crippen LogP contribution in [0.1, 0.15) is 39.0 Å². The number of hydrogen-bond acceptors (Lipinski definition) is 3. The van der Waals surface area contributed by atoms with Crippen molar-refractivity contribution in [3.05, 3.63) is 0 Å². The first-order valence-corrected chi connectivity index (χ1v) is 8.00. The first-order chi connectivity index (χ1) is 9.25. The third kappa shape index (κ3) is 2.79. The van der Waals surface area contributed by atoms with Crippen LogP contribution >= 0.6 is 0 Å². The Morgan fingerprint density at radius 2 is 2.05 bits per heavy atom. The minimum absolute atomic E-state index is 0.361. The summed E-state index contributed by atoms with van der Waals surface area (Å²) in [4.78, 5) is 17.1. The van der Waals surface area contributed by atoms with E-state index in [1.165, 1.54) is 32.1 Å².